The number of nitrogens with one attached hydrogen (secondary N) is 1. The van der Waals surface area contributed by atoms with E-state index in [0.717, 1.165) is 5.56 Å². The van der Waals surface area contributed by atoms with E-state index < -0.39 is 11.7 Å². The SMILES string of the molecule is COc1cc(NC(=O)OC(C)(C)C)ccc1CON. The van der Waals surface area contributed by atoms with Gasteiger partial charge in [-0.3, -0.25) is 10.2 Å². The number of benzene rings is 1. The summed E-state index contributed by atoms with van der Waals surface area (Å²) in [6.07, 6.45) is -0.516. The smallest absolute Gasteiger partial charge is 0.412 e. The van der Waals surface area contributed by atoms with Crippen molar-refractivity contribution in [2.45, 2.75) is 33.0 Å². The highest BCUT2D eigenvalue weighted by molar-refractivity contribution is 5.85. The van der Waals surface area contributed by atoms with E-state index in [4.69, 9.17) is 15.4 Å². The molecule has 0 aliphatic carbocycles. The highest BCUT2D eigenvalue weighted by Gasteiger charge is 2.16. The summed E-state index contributed by atoms with van der Waals surface area (Å²) in [5.74, 6) is 5.61. The summed E-state index contributed by atoms with van der Waals surface area (Å²) < 4.78 is 10.4. The summed E-state index contributed by atoms with van der Waals surface area (Å²) in [7, 11) is 1.53. The lowest BCUT2D eigenvalue weighted by Gasteiger charge is -2.20. The van der Waals surface area contributed by atoms with Crippen molar-refractivity contribution in [1.29, 1.82) is 0 Å². The van der Waals surface area contributed by atoms with Crippen molar-refractivity contribution in [1.82, 2.24) is 0 Å². The van der Waals surface area contributed by atoms with Crippen molar-refractivity contribution >= 4 is 11.8 Å². The number of amides is 1. The number of nitrogens with two attached hydrogens (primary N) is 1. The Balaban J connectivity index is 2.77. The van der Waals surface area contributed by atoms with E-state index in [-0.39, 0.29) is 6.61 Å². The Morgan fingerprint density at radius 2 is 2.05 bits per heavy atom. The number of methoxy groups -OCH3 is 1. The van der Waals surface area contributed by atoms with Gasteiger partial charge in [-0.2, -0.15) is 0 Å². The molecule has 0 aromatic heterocycles. The Kier molecular flexibility index (Phi) is 5.14. The van der Waals surface area contributed by atoms with Gasteiger partial charge >= 0.3 is 6.09 Å². The Labute approximate surface area is 112 Å². The Morgan fingerprint density at radius 1 is 1.37 bits per heavy atom. The molecule has 0 unspecified atom stereocenters. The molecule has 0 fully saturated rings. The molecule has 19 heavy (non-hydrogen) atoms. The number of hydrogen-bond acceptors (Lipinski definition) is 5. The third kappa shape index (κ3) is 5.15. The van der Waals surface area contributed by atoms with Crippen molar-refractivity contribution in [2.24, 2.45) is 5.90 Å². The molecule has 6 nitrogen and oxygen atoms in total. The summed E-state index contributed by atoms with van der Waals surface area (Å²) in [6.45, 7) is 5.63. The predicted molar refractivity (Wildman–Crippen MR) is 71.8 cm³/mol. The first kappa shape index (κ1) is 15.3. The second-order valence-corrected chi connectivity index (χ2v) is 4.96. The van der Waals surface area contributed by atoms with Crippen LogP contribution in [0.2, 0.25) is 0 Å². The first-order chi connectivity index (χ1) is 8.85. The minimum absolute atomic E-state index is 0.232. The lowest BCUT2D eigenvalue weighted by molar-refractivity contribution is 0.0636. The maximum atomic E-state index is 11.6. The number of carbonyl (C=O) groups excluding carboxylic acids is 1. The maximum Gasteiger partial charge on any atom is 0.412 e. The lowest BCUT2D eigenvalue weighted by Crippen LogP contribution is -2.27. The third-order valence-electron chi connectivity index (χ3n) is 2.17. The molecule has 1 rings (SSSR count). The van der Waals surface area contributed by atoms with E-state index in [2.05, 4.69) is 10.2 Å². The molecule has 1 aromatic carbocycles. The van der Waals surface area contributed by atoms with Crippen LogP contribution in [0.15, 0.2) is 18.2 Å². The van der Waals surface area contributed by atoms with Gasteiger partial charge < -0.3 is 9.47 Å². The molecule has 3 N–H and O–H groups in total. The van der Waals surface area contributed by atoms with Crippen LogP contribution in [-0.2, 0) is 16.2 Å². The van der Waals surface area contributed by atoms with Crippen LogP contribution >= 0.6 is 0 Å². The molecule has 1 amide bonds. The van der Waals surface area contributed by atoms with Crippen LogP contribution in [0.5, 0.6) is 5.75 Å². The van der Waals surface area contributed by atoms with Gasteiger partial charge in [-0.1, -0.05) is 6.07 Å². The monoisotopic (exact) mass is 268 g/mol. The van der Waals surface area contributed by atoms with Crippen LogP contribution in [0.4, 0.5) is 10.5 Å². The molecule has 0 radical (unpaired) electrons. The van der Waals surface area contributed by atoms with Crippen LogP contribution < -0.4 is 16.0 Å². The summed E-state index contributed by atoms with van der Waals surface area (Å²) >= 11 is 0. The summed E-state index contributed by atoms with van der Waals surface area (Å²) in [5.41, 5.74) is 0.827. The summed E-state index contributed by atoms with van der Waals surface area (Å²) in [6, 6.07) is 5.16. The van der Waals surface area contributed by atoms with Gasteiger partial charge in [0.2, 0.25) is 0 Å². The van der Waals surface area contributed by atoms with E-state index in [0.29, 0.717) is 11.4 Å². The zero-order chi connectivity index (χ0) is 14.5. The largest absolute Gasteiger partial charge is 0.496 e. The van der Waals surface area contributed by atoms with Gasteiger partial charge in [0, 0.05) is 17.3 Å². The van der Waals surface area contributed by atoms with Crippen molar-refractivity contribution in [3.8, 4) is 5.75 Å². The number of anilines is 1. The van der Waals surface area contributed by atoms with Gasteiger partial charge in [-0.05, 0) is 26.8 Å². The van der Waals surface area contributed by atoms with Gasteiger partial charge in [0.25, 0.3) is 0 Å². The van der Waals surface area contributed by atoms with Crippen LogP contribution in [0.3, 0.4) is 0 Å². The highest BCUT2D eigenvalue weighted by Crippen LogP contribution is 2.24. The van der Waals surface area contributed by atoms with Gasteiger partial charge in [-0.15, -0.1) is 0 Å². The molecular weight excluding hydrogens is 248 g/mol. The fraction of sp³-hybridized carbons (Fsp3) is 0.462. The van der Waals surface area contributed by atoms with Gasteiger partial charge in [0.15, 0.2) is 0 Å². The quantitative estimate of drug-likeness (QED) is 0.819. The fourth-order valence-corrected chi connectivity index (χ4v) is 1.45. The zero-order valence-electron chi connectivity index (χ0n) is 11.6. The van der Waals surface area contributed by atoms with E-state index >= 15 is 0 Å². The molecule has 6 heteroatoms. The number of carbonyl (C=O) groups is 1. The van der Waals surface area contributed by atoms with Crippen LogP contribution in [0, 0.1) is 0 Å². The molecule has 0 saturated carbocycles. The molecule has 0 atom stereocenters. The van der Waals surface area contributed by atoms with E-state index in [1.165, 1.54) is 7.11 Å². The average molecular weight is 268 g/mol. The molecule has 0 aliphatic rings. The topological polar surface area (TPSA) is 82.8 Å². The van der Waals surface area contributed by atoms with Crippen LogP contribution in [0.1, 0.15) is 26.3 Å². The first-order valence-electron chi connectivity index (χ1n) is 5.84. The lowest BCUT2D eigenvalue weighted by atomic mass is 10.2. The molecule has 1 aromatic rings. The van der Waals surface area contributed by atoms with E-state index in [9.17, 15) is 4.79 Å². The van der Waals surface area contributed by atoms with Crippen molar-refractivity contribution < 1.29 is 19.1 Å². The first-order valence-corrected chi connectivity index (χ1v) is 5.84. The molecule has 106 valence electrons. The normalized spacial score (nSPS) is 11.0. The number of ether oxygens (including phenoxy) is 2. The van der Waals surface area contributed by atoms with Gasteiger partial charge in [0.05, 0.1) is 13.7 Å². The summed E-state index contributed by atoms with van der Waals surface area (Å²) in [4.78, 5) is 16.2. The van der Waals surface area contributed by atoms with Crippen molar-refractivity contribution in [3.63, 3.8) is 0 Å². The molecule has 0 spiro atoms. The Hall–Kier alpha value is -1.79. The Bertz CT molecular complexity index is 441. The summed E-state index contributed by atoms with van der Waals surface area (Å²) in [5, 5.41) is 2.63. The van der Waals surface area contributed by atoms with Gasteiger partial charge in [0.1, 0.15) is 11.4 Å². The second kappa shape index (κ2) is 6.40. The average Bonchev–Trinajstić information content (AvgIpc) is 2.28. The Morgan fingerprint density at radius 3 is 2.58 bits per heavy atom. The zero-order valence-corrected chi connectivity index (χ0v) is 11.6. The van der Waals surface area contributed by atoms with E-state index in [1.807, 2.05) is 0 Å². The number of rotatable bonds is 4. The number of hydrogen-bond donors (Lipinski definition) is 2. The molecular formula is C13H20N2O4. The highest BCUT2D eigenvalue weighted by atomic mass is 16.6. The standard InChI is InChI=1S/C13H20N2O4/c1-13(2,3)19-12(16)15-10-6-5-9(8-18-14)11(7-10)17-4/h5-7H,8,14H2,1-4H3,(H,15,16). The van der Waals surface area contributed by atoms with E-state index in [1.54, 1.807) is 39.0 Å². The minimum Gasteiger partial charge on any atom is -0.496 e. The minimum atomic E-state index is -0.540. The third-order valence-corrected chi connectivity index (χ3v) is 2.17. The molecule has 0 aliphatic heterocycles. The van der Waals surface area contributed by atoms with Crippen LogP contribution in [-0.4, -0.2) is 18.8 Å². The van der Waals surface area contributed by atoms with Gasteiger partial charge in [-0.25, -0.2) is 10.7 Å². The van der Waals surface area contributed by atoms with Crippen molar-refractivity contribution in [3.05, 3.63) is 23.8 Å². The molecule has 0 saturated heterocycles. The molecule has 0 heterocycles. The molecule has 0 bridgehead atoms. The second-order valence-electron chi connectivity index (χ2n) is 4.96. The van der Waals surface area contributed by atoms with Crippen molar-refractivity contribution in [2.75, 3.05) is 12.4 Å². The van der Waals surface area contributed by atoms with Crippen LogP contribution in [0.25, 0.3) is 0 Å². The fourth-order valence-electron chi connectivity index (χ4n) is 1.45. The predicted octanol–water partition coefficient (Wildman–Crippen LogP) is 2.43. The maximum absolute atomic E-state index is 11.6.